The van der Waals surface area contributed by atoms with Crippen molar-refractivity contribution >= 4 is 23.7 Å². The second-order valence-electron chi connectivity index (χ2n) is 6.43. The van der Waals surface area contributed by atoms with Gasteiger partial charge in [0.15, 0.2) is 0 Å². The lowest BCUT2D eigenvalue weighted by atomic mass is 10.1. The summed E-state index contributed by atoms with van der Waals surface area (Å²) < 4.78 is 0. The van der Waals surface area contributed by atoms with E-state index in [1.165, 1.54) is 11.1 Å². The number of hydrogen-bond donors (Lipinski definition) is 1. The maximum Gasteiger partial charge on any atom is 0.317 e. The summed E-state index contributed by atoms with van der Waals surface area (Å²) in [5.74, 6) is 0.183. The van der Waals surface area contributed by atoms with Gasteiger partial charge in [0, 0.05) is 26.7 Å². The highest BCUT2D eigenvalue weighted by Crippen LogP contribution is 2.44. The molecule has 1 fully saturated rings. The number of urea groups is 1. The molecule has 1 aromatic rings. The molecule has 0 saturated carbocycles. The number of nitrogens with zero attached hydrogens (tertiary/aromatic N) is 2. The summed E-state index contributed by atoms with van der Waals surface area (Å²) in [6.07, 6.45) is 1.74. The number of carbonyl (C=O) groups excluding carboxylic acids is 2. The minimum Gasteiger partial charge on any atom is -0.338 e. The Labute approximate surface area is 155 Å². The molecule has 138 valence electrons. The molecule has 2 atom stereocenters. The molecule has 1 aromatic carbocycles. The Morgan fingerprint density at radius 1 is 1.32 bits per heavy atom. The Morgan fingerprint density at radius 2 is 2.04 bits per heavy atom. The molecule has 2 unspecified atom stereocenters. The first kappa shape index (κ1) is 19.6. The third-order valence-electron chi connectivity index (χ3n) is 4.51. The molecule has 1 aliphatic heterocycles. The molecule has 6 heteroatoms. The second kappa shape index (κ2) is 9.13. The third-order valence-corrected chi connectivity index (χ3v) is 6.14. The van der Waals surface area contributed by atoms with Crippen LogP contribution in [-0.2, 0) is 4.79 Å². The number of hydrogen-bond acceptors (Lipinski definition) is 3. The van der Waals surface area contributed by atoms with Crippen molar-refractivity contribution in [2.45, 2.75) is 44.2 Å². The van der Waals surface area contributed by atoms with Crippen molar-refractivity contribution in [1.29, 1.82) is 0 Å². The van der Waals surface area contributed by atoms with E-state index in [0.29, 0.717) is 19.6 Å². The van der Waals surface area contributed by atoms with Crippen molar-refractivity contribution in [2.24, 2.45) is 0 Å². The monoisotopic (exact) mass is 363 g/mol. The molecule has 0 aliphatic carbocycles. The number of likely N-dealkylation sites (N-methyl/N-ethyl adjacent to an activating group) is 1. The molecule has 5 nitrogen and oxygen atoms in total. The zero-order chi connectivity index (χ0) is 18.4. The fraction of sp³-hybridized carbons (Fsp3) is 0.579. The van der Waals surface area contributed by atoms with Gasteiger partial charge in [0.25, 0.3) is 0 Å². The smallest absolute Gasteiger partial charge is 0.317 e. The van der Waals surface area contributed by atoms with Gasteiger partial charge in [0.05, 0.1) is 5.25 Å². The second-order valence-corrected chi connectivity index (χ2v) is 7.71. The normalized spacial score (nSPS) is 20.0. The van der Waals surface area contributed by atoms with Crippen LogP contribution in [0.15, 0.2) is 24.3 Å². The number of aryl methyl sites for hydroxylation is 1. The average Bonchev–Trinajstić information content (AvgIpc) is 2.93. The van der Waals surface area contributed by atoms with E-state index in [1.54, 1.807) is 23.7 Å². The number of thioether (sulfide) groups is 1. The van der Waals surface area contributed by atoms with Crippen LogP contribution in [0.4, 0.5) is 4.79 Å². The summed E-state index contributed by atoms with van der Waals surface area (Å²) in [6, 6.07) is 8.15. The van der Waals surface area contributed by atoms with E-state index in [4.69, 9.17) is 0 Å². The first-order valence-corrected chi connectivity index (χ1v) is 9.94. The SMILES string of the molecule is CCCNC(=O)N(C)CCN1C(=O)C(CC)SC1c1ccccc1C. The highest BCUT2D eigenvalue weighted by molar-refractivity contribution is 8.01. The summed E-state index contributed by atoms with van der Waals surface area (Å²) in [5.41, 5.74) is 2.39. The van der Waals surface area contributed by atoms with Crippen LogP contribution >= 0.6 is 11.8 Å². The molecule has 1 heterocycles. The van der Waals surface area contributed by atoms with E-state index >= 15 is 0 Å². The third kappa shape index (κ3) is 4.69. The van der Waals surface area contributed by atoms with Crippen LogP contribution in [0.5, 0.6) is 0 Å². The molecule has 0 spiro atoms. The van der Waals surface area contributed by atoms with Crippen molar-refractivity contribution in [1.82, 2.24) is 15.1 Å². The van der Waals surface area contributed by atoms with Gasteiger partial charge in [0.2, 0.25) is 5.91 Å². The van der Waals surface area contributed by atoms with Gasteiger partial charge in [0.1, 0.15) is 5.37 Å². The Kier molecular flexibility index (Phi) is 7.17. The largest absolute Gasteiger partial charge is 0.338 e. The van der Waals surface area contributed by atoms with Crippen molar-refractivity contribution in [3.05, 3.63) is 35.4 Å². The quantitative estimate of drug-likeness (QED) is 0.808. The van der Waals surface area contributed by atoms with Crippen LogP contribution in [0, 0.1) is 6.92 Å². The fourth-order valence-corrected chi connectivity index (χ4v) is 4.44. The number of amides is 3. The van der Waals surface area contributed by atoms with Crippen LogP contribution in [0.25, 0.3) is 0 Å². The van der Waals surface area contributed by atoms with Gasteiger partial charge >= 0.3 is 6.03 Å². The van der Waals surface area contributed by atoms with Crippen LogP contribution in [0.3, 0.4) is 0 Å². The maximum atomic E-state index is 12.8. The predicted molar refractivity (Wildman–Crippen MR) is 104 cm³/mol. The molecule has 2 rings (SSSR count). The van der Waals surface area contributed by atoms with Crippen LogP contribution < -0.4 is 5.32 Å². The van der Waals surface area contributed by atoms with E-state index in [9.17, 15) is 9.59 Å². The van der Waals surface area contributed by atoms with Gasteiger partial charge in [-0.2, -0.15) is 0 Å². The van der Waals surface area contributed by atoms with E-state index in [1.807, 2.05) is 24.0 Å². The van der Waals surface area contributed by atoms with E-state index in [2.05, 4.69) is 31.3 Å². The zero-order valence-electron chi connectivity index (χ0n) is 15.6. The lowest BCUT2D eigenvalue weighted by molar-refractivity contribution is -0.130. The predicted octanol–water partition coefficient (Wildman–Crippen LogP) is 3.40. The summed E-state index contributed by atoms with van der Waals surface area (Å²) in [4.78, 5) is 28.4. The van der Waals surface area contributed by atoms with Gasteiger partial charge in [-0.25, -0.2) is 4.79 Å². The average molecular weight is 364 g/mol. The molecular weight excluding hydrogens is 334 g/mol. The highest BCUT2D eigenvalue weighted by Gasteiger charge is 2.40. The topological polar surface area (TPSA) is 52.7 Å². The van der Waals surface area contributed by atoms with Gasteiger partial charge in [-0.1, -0.05) is 38.1 Å². The van der Waals surface area contributed by atoms with Crippen LogP contribution in [0.1, 0.15) is 43.2 Å². The molecular formula is C19H29N3O2S. The Morgan fingerprint density at radius 3 is 2.68 bits per heavy atom. The summed E-state index contributed by atoms with van der Waals surface area (Å²) >= 11 is 1.73. The summed E-state index contributed by atoms with van der Waals surface area (Å²) in [7, 11) is 1.78. The minimum absolute atomic E-state index is 0.00355. The molecule has 1 aliphatic rings. The first-order chi connectivity index (χ1) is 12.0. The van der Waals surface area contributed by atoms with E-state index in [-0.39, 0.29) is 22.6 Å². The number of carbonyl (C=O) groups is 2. The van der Waals surface area contributed by atoms with Gasteiger partial charge < -0.3 is 15.1 Å². The molecule has 1 N–H and O–H groups in total. The standard InChI is InChI=1S/C19H29N3O2S/c1-5-11-20-19(24)21(4)12-13-22-17(23)16(6-2)25-18(22)15-10-8-7-9-14(15)3/h7-10,16,18H,5-6,11-13H2,1-4H3,(H,20,24). The molecule has 3 amide bonds. The Hall–Kier alpha value is -1.69. The molecule has 0 aromatic heterocycles. The van der Waals surface area contributed by atoms with Crippen LogP contribution in [0.2, 0.25) is 0 Å². The summed E-state index contributed by atoms with van der Waals surface area (Å²) in [5, 5.41) is 2.91. The number of benzene rings is 1. The molecule has 0 radical (unpaired) electrons. The highest BCUT2D eigenvalue weighted by atomic mass is 32.2. The lowest BCUT2D eigenvalue weighted by Gasteiger charge is -2.27. The van der Waals surface area contributed by atoms with Gasteiger partial charge in [-0.05, 0) is 30.9 Å². The Bertz CT molecular complexity index is 608. The van der Waals surface area contributed by atoms with E-state index in [0.717, 1.165) is 12.8 Å². The van der Waals surface area contributed by atoms with Crippen molar-refractivity contribution in [3.8, 4) is 0 Å². The van der Waals surface area contributed by atoms with Gasteiger partial charge in [-0.3, -0.25) is 4.79 Å². The molecule has 1 saturated heterocycles. The van der Waals surface area contributed by atoms with Crippen LogP contribution in [-0.4, -0.2) is 53.7 Å². The van der Waals surface area contributed by atoms with E-state index < -0.39 is 0 Å². The van der Waals surface area contributed by atoms with Crippen molar-refractivity contribution in [2.75, 3.05) is 26.7 Å². The number of rotatable bonds is 7. The summed E-state index contributed by atoms with van der Waals surface area (Å²) in [6.45, 7) is 7.92. The first-order valence-electron chi connectivity index (χ1n) is 9.00. The lowest BCUT2D eigenvalue weighted by Crippen LogP contribution is -2.43. The van der Waals surface area contributed by atoms with Crippen molar-refractivity contribution in [3.63, 3.8) is 0 Å². The Balaban J connectivity index is 2.08. The minimum atomic E-state index is -0.0827. The van der Waals surface area contributed by atoms with Crippen molar-refractivity contribution < 1.29 is 9.59 Å². The van der Waals surface area contributed by atoms with Gasteiger partial charge in [-0.15, -0.1) is 11.8 Å². The number of nitrogens with one attached hydrogen (secondary N) is 1. The maximum absolute atomic E-state index is 12.8. The zero-order valence-corrected chi connectivity index (χ0v) is 16.4. The fourth-order valence-electron chi connectivity index (χ4n) is 2.92. The molecule has 0 bridgehead atoms. The molecule has 25 heavy (non-hydrogen) atoms.